The van der Waals surface area contributed by atoms with Crippen molar-refractivity contribution in [1.82, 2.24) is 0 Å². The van der Waals surface area contributed by atoms with E-state index in [9.17, 15) is 9.59 Å². The molecule has 4 nitrogen and oxygen atoms in total. The molecule has 0 radical (unpaired) electrons. The Morgan fingerprint density at radius 2 is 0.587 bits per heavy atom. The van der Waals surface area contributed by atoms with Crippen molar-refractivity contribution in [1.29, 1.82) is 0 Å². The maximum Gasteiger partial charge on any atom is 0.303 e. The van der Waals surface area contributed by atoms with Gasteiger partial charge in [0.15, 0.2) is 0 Å². The molecule has 0 heterocycles. The van der Waals surface area contributed by atoms with Crippen molar-refractivity contribution in [2.45, 2.75) is 194 Å². The molecule has 0 aromatic heterocycles. The minimum Gasteiger partial charge on any atom is -0.481 e. The van der Waals surface area contributed by atoms with Gasteiger partial charge in [0.05, 0.1) is 0 Å². The normalized spacial score (nSPS) is 10.8. The summed E-state index contributed by atoms with van der Waals surface area (Å²) in [6, 6.07) is 12.0. The highest BCUT2D eigenvalue weighted by Gasteiger charge is 1.97. The van der Waals surface area contributed by atoms with E-state index in [1.54, 1.807) is 0 Å². The van der Waals surface area contributed by atoms with Gasteiger partial charge in [-0.1, -0.05) is 177 Å². The third kappa shape index (κ3) is 48.5. The van der Waals surface area contributed by atoms with Crippen molar-refractivity contribution in [3.63, 3.8) is 0 Å². The lowest BCUT2D eigenvalue weighted by Crippen LogP contribution is -1.93. The molecule has 1 rings (SSSR count). The fourth-order valence-electron chi connectivity index (χ4n) is 5.08. The van der Waals surface area contributed by atoms with Crippen molar-refractivity contribution in [3.05, 3.63) is 60.7 Å². The van der Waals surface area contributed by atoms with Crippen molar-refractivity contribution in [2.75, 3.05) is 0 Å². The van der Waals surface area contributed by atoms with Crippen LogP contribution in [0.3, 0.4) is 0 Å². The summed E-state index contributed by atoms with van der Waals surface area (Å²) in [5.74, 6) is -1.33. The summed E-state index contributed by atoms with van der Waals surface area (Å²) in [5, 5.41) is 17.0. The maximum absolute atomic E-state index is 10.3. The van der Waals surface area contributed by atoms with Gasteiger partial charge in [-0.3, -0.25) is 9.59 Å². The molecular formula is C42H74O4. The first-order chi connectivity index (χ1) is 22.5. The average molecular weight is 643 g/mol. The quantitative estimate of drug-likeness (QED) is 0.0647. The molecule has 4 heteroatoms. The molecule has 46 heavy (non-hydrogen) atoms. The van der Waals surface area contributed by atoms with Crippen molar-refractivity contribution >= 4 is 11.9 Å². The van der Waals surface area contributed by atoms with E-state index in [-0.39, 0.29) is 0 Å². The topological polar surface area (TPSA) is 74.6 Å². The number of rotatable bonds is 30. The molecule has 0 aliphatic heterocycles. The number of carboxylic acids is 2. The summed E-state index contributed by atoms with van der Waals surface area (Å²) in [7, 11) is 0. The van der Waals surface area contributed by atoms with E-state index < -0.39 is 11.9 Å². The van der Waals surface area contributed by atoms with Crippen LogP contribution in [0.4, 0.5) is 0 Å². The first-order valence-corrected chi connectivity index (χ1v) is 19.3. The second kappa shape index (κ2) is 42.6. The summed E-state index contributed by atoms with van der Waals surface area (Å²) in [5.41, 5.74) is 0. The van der Waals surface area contributed by atoms with Crippen LogP contribution < -0.4 is 0 Å². The van der Waals surface area contributed by atoms with Crippen LogP contribution in [0, 0.1) is 0 Å². The maximum atomic E-state index is 10.3. The monoisotopic (exact) mass is 643 g/mol. The zero-order chi connectivity index (χ0) is 34.0. The minimum absolute atomic E-state index is 0.332. The van der Waals surface area contributed by atoms with E-state index in [2.05, 4.69) is 38.2 Å². The number of aliphatic carboxylic acids is 2. The Bertz CT molecular complexity index is 694. The average Bonchev–Trinajstić information content (AvgIpc) is 3.06. The second-order valence-electron chi connectivity index (χ2n) is 12.6. The molecule has 0 aliphatic carbocycles. The molecule has 0 amide bonds. The first kappa shape index (κ1) is 45.8. The molecule has 2 N–H and O–H groups in total. The van der Waals surface area contributed by atoms with E-state index in [0.29, 0.717) is 12.8 Å². The van der Waals surface area contributed by atoms with Crippen LogP contribution in [0.15, 0.2) is 60.7 Å². The molecule has 0 saturated carbocycles. The number of benzene rings is 1. The van der Waals surface area contributed by atoms with Crippen LogP contribution in [0.5, 0.6) is 0 Å². The van der Waals surface area contributed by atoms with E-state index >= 15 is 0 Å². The Morgan fingerprint density at radius 1 is 0.370 bits per heavy atom. The lowest BCUT2D eigenvalue weighted by molar-refractivity contribution is -0.138. The third-order valence-electron chi connectivity index (χ3n) is 7.97. The molecule has 1 aromatic carbocycles. The number of carbonyl (C=O) groups is 2. The van der Waals surface area contributed by atoms with Crippen LogP contribution in [0.1, 0.15) is 194 Å². The predicted octanol–water partition coefficient (Wildman–Crippen LogP) is 13.9. The van der Waals surface area contributed by atoms with Gasteiger partial charge in [-0.25, -0.2) is 0 Å². The molecule has 0 spiro atoms. The van der Waals surface area contributed by atoms with Crippen LogP contribution in [-0.4, -0.2) is 22.2 Å². The minimum atomic E-state index is -0.664. The standard InChI is InChI=1S/2C18H34O2.C6H6/c2*1-2-3-4-5-6-7-8-9-10-11-12-13-14-15-16-17-18(19)20;1-2-4-6-5-3-1/h2*9-10H,2-8,11-17H2,1H3,(H,19,20);1-6H. The lowest BCUT2D eigenvalue weighted by atomic mass is 10.1. The largest absolute Gasteiger partial charge is 0.481 e. The molecule has 0 aliphatic rings. The van der Waals surface area contributed by atoms with Crippen molar-refractivity contribution in [3.8, 4) is 0 Å². The fourth-order valence-corrected chi connectivity index (χ4v) is 5.08. The molecule has 0 atom stereocenters. The number of hydrogen-bond donors (Lipinski definition) is 2. The van der Waals surface area contributed by atoms with Gasteiger partial charge in [0.1, 0.15) is 0 Å². The predicted molar refractivity (Wildman–Crippen MR) is 201 cm³/mol. The smallest absolute Gasteiger partial charge is 0.303 e. The highest BCUT2D eigenvalue weighted by molar-refractivity contribution is 5.66. The Balaban J connectivity index is 0. The van der Waals surface area contributed by atoms with Gasteiger partial charge in [0.25, 0.3) is 0 Å². The summed E-state index contributed by atoms with van der Waals surface area (Å²) in [6.45, 7) is 4.52. The van der Waals surface area contributed by atoms with Gasteiger partial charge in [0.2, 0.25) is 0 Å². The molecule has 266 valence electrons. The van der Waals surface area contributed by atoms with Crippen LogP contribution in [-0.2, 0) is 9.59 Å². The Kier molecular flexibility index (Phi) is 42.4. The van der Waals surface area contributed by atoms with E-state index in [1.807, 2.05) is 36.4 Å². The summed E-state index contributed by atoms with van der Waals surface area (Å²) < 4.78 is 0. The van der Waals surface area contributed by atoms with E-state index in [0.717, 1.165) is 25.7 Å². The third-order valence-corrected chi connectivity index (χ3v) is 7.97. The Labute approximate surface area is 285 Å². The van der Waals surface area contributed by atoms with E-state index in [4.69, 9.17) is 10.2 Å². The van der Waals surface area contributed by atoms with Crippen LogP contribution in [0.25, 0.3) is 0 Å². The summed E-state index contributed by atoms with van der Waals surface area (Å²) >= 11 is 0. The highest BCUT2D eigenvalue weighted by atomic mass is 16.4. The van der Waals surface area contributed by atoms with Gasteiger partial charge < -0.3 is 10.2 Å². The first-order valence-electron chi connectivity index (χ1n) is 19.3. The number of allylic oxidation sites excluding steroid dienone is 4. The molecular weight excluding hydrogens is 568 g/mol. The van der Waals surface area contributed by atoms with Crippen molar-refractivity contribution < 1.29 is 19.8 Å². The molecule has 0 unspecified atom stereocenters. The van der Waals surface area contributed by atoms with Gasteiger partial charge in [-0.2, -0.15) is 0 Å². The molecule has 0 saturated heterocycles. The zero-order valence-electron chi connectivity index (χ0n) is 30.3. The van der Waals surface area contributed by atoms with E-state index in [1.165, 1.54) is 141 Å². The van der Waals surface area contributed by atoms with Crippen LogP contribution >= 0.6 is 0 Å². The molecule has 0 fully saturated rings. The molecule has 1 aromatic rings. The van der Waals surface area contributed by atoms with Gasteiger partial charge in [-0.05, 0) is 64.2 Å². The number of carboxylic acid groups (broad SMARTS) is 2. The second-order valence-corrected chi connectivity index (χ2v) is 12.6. The summed E-state index contributed by atoms with van der Waals surface area (Å²) in [4.78, 5) is 20.6. The number of unbranched alkanes of at least 4 members (excludes halogenated alkanes) is 22. The SMILES string of the molecule is CCCCCCCCC=CCCCCCCCC(=O)O.CCCCCCCCC=CCCCCCCCC(=O)O.c1ccccc1. The van der Waals surface area contributed by atoms with Crippen LogP contribution in [0.2, 0.25) is 0 Å². The van der Waals surface area contributed by atoms with Crippen molar-refractivity contribution in [2.24, 2.45) is 0 Å². The zero-order valence-corrected chi connectivity index (χ0v) is 30.3. The molecule has 0 bridgehead atoms. The number of hydrogen-bond acceptors (Lipinski definition) is 2. The van der Waals surface area contributed by atoms with Gasteiger partial charge in [0, 0.05) is 12.8 Å². The fraction of sp³-hybridized carbons (Fsp3) is 0.714. The lowest BCUT2D eigenvalue weighted by Gasteiger charge is -1.99. The highest BCUT2D eigenvalue weighted by Crippen LogP contribution is 2.11. The Morgan fingerprint density at radius 3 is 0.826 bits per heavy atom. The Hall–Kier alpha value is -2.36. The summed E-state index contributed by atoms with van der Waals surface area (Å²) in [6.07, 6.45) is 42.5. The van der Waals surface area contributed by atoms with Gasteiger partial charge in [-0.15, -0.1) is 0 Å². The van der Waals surface area contributed by atoms with Gasteiger partial charge >= 0.3 is 11.9 Å².